The topological polar surface area (TPSA) is 52.2 Å². The van der Waals surface area contributed by atoms with Crippen molar-refractivity contribution >= 4 is 17.4 Å². The second-order valence-electron chi connectivity index (χ2n) is 6.88. The Kier molecular flexibility index (Phi) is 4.99. The lowest BCUT2D eigenvalue weighted by Gasteiger charge is -2.12. The smallest absolute Gasteiger partial charge is 0.258 e. The minimum atomic E-state index is -0.0396. The zero-order valence-electron chi connectivity index (χ0n) is 15.4. The van der Waals surface area contributed by atoms with E-state index < -0.39 is 0 Å². The second-order valence-corrected chi connectivity index (χ2v) is 7.82. The van der Waals surface area contributed by atoms with Crippen LogP contribution in [0.5, 0.6) is 0 Å². The third-order valence-electron chi connectivity index (χ3n) is 4.18. The first kappa shape index (κ1) is 17.7. The molecule has 3 aromatic rings. The van der Waals surface area contributed by atoms with Crippen molar-refractivity contribution in [2.45, 2.75) is 52.1 Å². The van der Waals surface area contributed by atoms with E-state index in [4.69, 9.17) is 0 Å². The van der Waals surface area contributed by atoms with Gasteiger partial charge in [-0.15, -0.1) is 0 Å². The first-order valence-electron chi connectivity index (χ1n) is 8.50. The number of pyridine rings is 1. The molecule has 0 atom stereocenters. The van der Waals surface area contributed by atoms with Crippen LogP contribution in [0.1, 0.15) is 36.5 Å². The molecule has 0 saturated carbocycles. The van der Waals surface area contributed by atoms with Crippen LogP contribution in [0.25, 0.3) is 5.65 Å². The van der Waals surface area contributed by atoms with Gasteiger partial charge in [0.2, 0.25) is 0 Å². The van der Waals surface area contributed by atoms with E-state index in [-0.39, 0.29) is 5.56 Å². The predicted molar refractivity (Wildman–Crippen MR) is 102 cm³/mol. The van der Waals surface area contributed by atoms with Crippen molar-refractivity contribution in [1.82, 2.24) is 18.9 Å². The Morgan fingerprint density at radius 1 is 1.16 bits per heavy atom. The third-order valence-corrected chi connectivity index (χ3v) is 5.19. The third kappa shape index (κ3) is 3.79. The van der Waals surface area contributed by atoms with Crippen LogP contribution in [0.3, 0.4) is 0 Å². The highest BCUT2D eigenvalue weighted by molar-refractivity contribution is 7.98. The standard InChI is InChI=1S/C19H24N4OS/c1-12(2)9-22-15(5)14(4)20-19(22)25-11-16-8-18(24)23-10-13(3)6-7-17(23)21-16/h6-8,10,12H,9,11H2,1-5H3. The van der Waals surface area contributed by atoms with Gasteiger partial charge in [-0.05, 0) is 38.3 Å². The first-order chi connectivity index (χ1) is 11.8. The highest BCUT2D eigenvalue weighted by Gasteiger charge is 2.13. The summed E-state index contributed by atoms with van der Waals surface area (Å²) >= 11 is 1.64. The van der Waals surface area contributed by atoms with E-state index in [2.05, 4.69) is 35.3 Å². The molecule has 0 aliphatic rings. The molecule has 0 saturated heterocycles. The zero-order valence-corrected chi connectivity index (χ0v) is 16.2. The summed E-state index contributed by atoms with van der Waals surface area (Å²) < 4.78 is 3.86. The molecule has 0 N–H and O–H groups in total. The van der Waals surface area contributed by atoms with Gasteiger partial charge in [-0.1, -0.05) is 31.7 Å². The van der Waals surface area contributed by atoms with Crippen LogP contribution < -0.4 is 5.56 Å². The summed E-state index contributed by atoms with van der Waals surface area (Å²) in [5.41, 5.74) is 4.74. The van der Waals surface area contributed by atoms with Gasteiger partial charge in [-0.2, -0.15) is 0 Å². The maximum atomic E-state index is 12.3. The Hall–Kier alpha value is -2.08. The van der Waals surface area contributed by atoms with Crippen LogP contribution in [0.4, 0.5) is 0 Å². The van der Waals surface area contributed by atoms with Gasteiger partial charge in [0, 0.05) is 30.3 Å². The average Bonchev–Trinajstić information content (AvgIpc) is 2.81. The maximum Gasteiger partial charge on any atom is 0.258 e. The Labute approximate surface area is 152 Å². The molecule has 5 nitrogen and oxygen atoms in total. The summed E-state index contributed by atoms with van der Waals surface area (Å²) in [4.78, 5) is 21.6. The molecule has 0 aliphatic heterocycles. The lowest BCUT2D eigenvalue weighted by molar-refractivity contribution is 0.486. The van der Waals surface area contributed by atoms with Gasteiger partial charge in [0.15, 0.2) is 5.16 Å². The fourth-order valence-electron chi connectivity index (χ4n) is 2.78. The van der Waals surface area contributed by atoms with E-state index in [1.807, 2.05) is 32.2 Å². The number of fused-ring (bicyclic) bond motifs is 1. The lowest BCUT2D eigenvalue weighted by atomic mass is 10.2. The molecule has 3 rings (SSSR count). The van der Waals surface area contributed by atoms with Crippen LogP contribution in [-0.2, 0) is 12.3 Å². The highest BCUT2D eigenvalue weighted by Crippen LogP contribution is 2.25. The van der Waals surface area contributed by atoms with E-state index in [0.717, 1.165) is 28.7 Å². The number of thioether (sulfide) groups is 1. The molecule has 0 aromatic carbocycles. The number of hydrogen-bond acceptors (Lipinski definition) is 4. The summed E-state index contributed by atoms with van der Waals surface area (Å²) in [7, 11) is 0. The first-order valence-corrected chi connectivity index (χ1v) is 9.49. The van der Waals surface area contributed by atoms with E-state index in [9.17, 15) is 4.79 Å². The van der Waals surface area contributed by atoms with Crippen molar-refractivity contribution in [3.63, 3.8) is 0 Å². The maximum absolute atomic E-state index is 12.3. The van der Waals surface area contributed by atoms with Crippen LogP contribution >= 0.6 is 11.8 Å². The molecule has 0 spiro atoms. The molecule has 6 heteroatoms. The zero-order chi connectivity index (χ0) is 18.1. The summed E-state index contributed by atoms with van der Waals surface area (Å²) in [5.74, 6) is 1.19. The van der Waals surface area contributed by atoms with Crippen molar-refractivity contribution in [2.75, 3.05) is 0 Å². The van der Waals surface area contributed by atoms with E-state index in [1.54, 1.807) is 22.2 Å². The number of aromatic nitrogens is 4. The van der Waals surface area contributed by atoms with Gasteiger partial charge in [0.25, 0.3) is 5.56 Å². The van der Waals surface area contributed by atoms with Crippen molar-refractivity contribution in [1.29, 1.82) is 0 Å². The number of imidazole rings is 1. The minimum absolute atomic E-state index is 0.0396. The predicted octanol–water partition coefficient (Wildman–Crippen LogP) is 3.76. The van der Waals surface area contributed by atoms with Crippen molar-refractivity contribution < 1.29 is 0 Å². The summed E-state index contributed by atoms with van der Waals surface area (Å²) in [6.07, 6.45) is 1.82. The van der Waals surface area contributed by atoms with E-state index >= 15 is 0 Å². The van der Waals surface area contributed by atoms with Gasteiger partial charge in [0.1, 0.15) is 5.65 Å². The normalized spacial score (nSPS) is 11.6. The van der Waals surface area contributed by atoms with Crippen molar-refractivity contribution in [3.8, 4) is 0 Å². The van der Waals surface area contributed by atoms with Gasteiger partial charge in [0.05, 0.1) is 11.4 Å². The molecular weight excluding hydrogens is 332 g/mol. The van der Waals surface area contributed by atoms with Crippen LogP contribution in [0.2, 0.25) is 0 Å². The van der Waals surface area contributed by atoms with Gasteiger partial charge < -0.3 is 4.57 Å². The number of nitrogens with zero attached hydrogens (tertiary/aromatic N) is 4. The Balaban J connectivity index is 1.87. The fourth-order valence-corrected chi connectivity index (χ4v) is 3.78. The molecule has 0 bridgehead atoms. The SMILES string of the molecule is Cc1ccc2nc(CSc3nc(C)c(C)n3CC(C)C)cc(=O)n2c1. The van der Waals surface area contributed by atoms with Gasteiger partial charge >= 0.3 is 0 Å². The summed E-state index contributed by atoms with van der Waals surface area (Å²) in [5, 5.41) is 0.995. The van der Waals surface area contributed by atoms with Gasteiger partial charge in [-0.3, -0.25) is 9.20 Å². The molecule has 25 heavy (non-hydrogen) atoms. The minimum Gasteiger partial charge on any atom is -0.323 e. The molecule has 0 unspecified atom stereocenters. The van der Waals surface area contributed by atoms with E-state index in [0.29, 0.717) is 17.3 Å². The highest BCUT2D eigenvalue weighted by atomic mass is 32.2. The second kappa shape index (κ2) is 7.04. The summed E-state index contributed by atoms with van der Waals surface area (Å²) in [6, 6.07) is 5.48. The Morgan fingerprint density at radius 2 is 1.92 bits per heavy atom. The van der Waals surface area contributed by atoms with Crippen LogP contribution in [-0.4, -0.2) is 18.9 Å². The Morgan fingerprint density at radius 3 is 2.64 bits per heavy atom. The molecule has 132 valence electrons. The molecular formula is C19H24N4OS. The van der Waals surface area contributed by atoms with Crippen molar-refractivity contribution in [2.24, 2.45) is 5.92 Å². The lowest BCUT2D eigenvalue weighted by Crippen LogP contribution is -2.15. The number of aryl methyl sites for hydroxylation is 2. The van der Waals surface area contributed by atoms with Crippen LogP contribution in [0.15, 0.2) is 34.3 Å². The van der Waals surface area contributed by atoms with E-state index in [1.165, 1.54) is 5.69 Å². The molecule has 0 aliphatic carbocycles. The molecule has 3 aromatic heterocycles. The van der Waals surface area contributed by atoms with Gasteiger partial charge in [-0.25, -0.2) is 9.97 Å². The average molecular weight is 356 g/mol. The monoisotopic (exact) mass is 356 g/mol. The molecule has 3 heterocycles. The quantitative estimate of drug-likeness (QED) is 0.653. The number of hydrogen-bond donors (Lipinski definition) is 0. The summed E-state index contributed by atoms with van der Waals surface area (Å²) in [6.45, 7) is 11.5. The number of rotatable bonds is 5. The molecule has 0 fully saturated rings. The largest absolute Gasteiger partial charge is 0.323 e. The Bertz CT molecular complexity index is 971. The molecule has 0 radical (unpaired) electrons. The fraction of sp³-hybridized carbons (Fsp3) is 0.421. The molecule has 0 amide bonds. The van der Waals surface area contributed by atoms with Crippen LogP contribution in [0, 0.1) is 26.7 Å². The van der Waals surface area contributed by atoms with Crippen molar-refractivity contribution in [3.05, 3.63) is 57.4 Å².